The van der Waals surface area contributed by atoms with Gasteiger partial charge in [0.05, 0.1) is 6.04 Å². The van der Waals surface area contributed by atoms with Crippen LogP contribution in [0.2, 0.25) is 0 Å². The number of thioether (sulfide) groups is 1. The third kappa shape index (κ3) is 4.65. The standard InChI is InChI=1S/C22H23F2N3O2S/c23-18-5-1-16(2-6-18)21(17-3-7-19(24)8-4-17)26-11-9-25(10-12-26)20(28)15-27-13-14-30-22(27)29/h1-8,21H,9-15H2. The zero-order chi connectivity index (χ0) is 21.1. The summed E-state index contributed by atoms with van der Waals surface area (Å²) in [7, 11) is 0. The summed E-state index contributed by atoms with van der Waals surface area (Å²) in [5.74, 6) is 0.0885. The lowest BCUT2D eigenvalue weighted by atomic mass is 9.96. The van der Waals surface area contributed by atoms with Crippen LogP contribution in [0.25, 0.3) is 0 Å². The predicted molar refractivity (Wildman–Crippen MR) is 112 cm³/mol. The molecule has 0 atom stereocenters. The average molecular weight is 432 g/mol. The topological polar surface area (TPSA) is 43.9 Å². The summed E-state index contributed by atoms with van der Waals surface area (Å²) in [4.78, 5) is 30.0. The molecule has 2 saturated heterocycles. The molecule has 2 aromatic rings. The number of nitrogens with zero attached hydrogens (tertiary/aromatic N) is 3. The van der Waals surface area contributed by atoms with Crippen LogP contribution >= 0.6 is 11.8 Å². The number of halogens is 2. The van der Waals surface area contributed by atoms with Crippen LogP contribution in [0.1, 0.15) is 17.2 Å². The highest BCUT2D eigenvalue weighted by molar-refractivity contribution is 8.13. The highest BCUT2D eigenvalue weighted by atomic mass is 32.2. The normalized spacial score (nSPS) is 17.8. The van der Waals surface area contributed by atoms with Crippen molar-refractivity contribution >= 4 is 22.9 Å². The van der Waals surface area contributed by atoms with Crippen LogP contribution in [0.4, 0.5) is 13.6 Å². The first-order chi connectivity index (χ1) is 14.5. The largest absolute Gasteiger partial charge is 0.339 e. The molecule has 0 aromatic heterocycles. The Balaban J connectivity index is 1.46. The van der Waals surface area contributed by atoms with Gasteiger partial charge in [-0.2, -0.15) is 0 Å². The van der Waals surface area contributed by atoms with E-state index in [-0.39, 0.29) is 35.4 Å². The minimum Gasteiger partial charge on any atom is -0.339 e. The lowest BCUT2D eigenvalue weighted by Crippen LogP contribution is -2.52. The summed E-state index contributed by atoms with van der Waals surface area (Å²) < 4.78 is 26.9. The molecule has 2 aliphatic heterocycles. The molecule has 0 spiro atoms. The summed E-state index contributed by atoms with van der Waals surface area (Å²) in [5.41, 5.74) is 1.84. The molecule has 2 aromatic carbocycles. The SMILES string of the molecule is O=C(CN1CCSC1=O)N1CCN(C(c2ccc(F)cc2)c2ccc(F)cc2)CC1. The molecule has 158 valence electrons. The van der Waals surface area contributed by atoms with Crippen LogP contribution in [-0.2, 0) is 4.79 Å². The molecular weight excluding hydrogens is 408 g/mol. The Hall–Kier alpha value is -2.45. The summed E-state index contributed by atoms with van der Waals surface area (Å²) in [5, 5.41) is -0.0327. The number of benzene rings is 2. The molecule has 2 heterocycles. The second kappa shape index (κ2) is 9.14. The minimum atomic E-state index is -0.304. The number of rotatable bonds is 5. The molecule has 0 N–H and O–H groups in total. The molecule has 8 heteroatoms. The number of carbonyl (C=O) groups excluding carboxylic acids is 2. The van der Waals surface area contributed by atoms with Gasteiger partial charge in [-0.15, -0.1) is 0 Å². The minimum absolute atomic E-state index is 0.0327. The second-order valence-electron chi connectivity index (χ2n) is 7.46. The zero-order valence-corrected chi connectivity index (χ0v) is 17.3. The fourth-order valence-electron chi connectivity index (χ4n) is 3.97. The van der Waals surface area contributed by atoms with Gasteiger partial charge in [0.15, 0.2) is 0 Å². The number of piperazine rings is 1. The summed E-state index contributed by atoms with van der Waals surface area (Å²) >= 11 is 1.25. The van der Waals surface area contributed by atoms with Crippen molar-refractivity contribution in [2.75, 3.05) is 45.0 Å². The number of amides is 2. The van der Waals surface area contributed by atoms with Gasteiger partial charge in [-0.1, -0.05) is 36.0 Å². The van der Waals surface area contributed by atoms with E-state index in [4.69, 9.17) is 0 Å². The lowest BCUT2D eigenvalue weighted by Gasteiger charge is -2.40. The van der Waals surface area contributed by atoms with E-state index >= 15 is 0 Å². The van der Waals surface area contributed by atoms with Crippen molar-refractivity contribution in [3.05, 3.63) is 71.3 Å². The third-order valence-corrected chi connectivity index (χ3v) is 6.47. The third-order valence-electron chi connectivity index (χ3n) is 5.57. The van der Waals surface area contributed by atoms with Crippen molar-refractivity contribution in [2.45, 2.75) is 6.04 Å². The highest BCUT2D eigenvalue weighted by Gasteiger charge is 2.30. The Morgan fingerprint density at radius 3 is 1.87 bits per heavy atom. The van der Waals surface area contributed by atoms with Gasteiger partial charge in [-0.05, 0) is 35.4 Å². The zero-order valence-electron chi connectivity index (χ0n) is 16.5. The van der Waals surface area contributed by atoms with Crippen molar-refractivity contribution in [1.82, 2.24) is 14.7 Å². The van der Waals surface area contributed by atoms with Crippen LogP contribution in [0, 0.1) is 11.6 Å². The van der Waals surface area contributed by atoms with Crippen LogP contribution in [0.15, 0.2) is 48.5 Å². The Morgan fingerprint density at radius 2 is 1.40 bits per heavy atom. The quantitative estimate of drug-likeness (QED) is 0.728. The van der Waals surface area contributed by atoms with E-state index in [9.17, 15) is 18.4 Å². The highest BCUT2D eigenvalue weighted by Crippen LogP contribution is 2.30. The maximum atomic E-state index is 13.4. The Morgan fingerprint density at radius 1 is 0.867 bits per heavy atom. The summed E-state index contributed by atoms with van der Waals surface area (Å²) in [6.07, 6.45) is 0. The van der Waals surface area contributed by atoms with Crippen molar-refractivity contribution in [1.29, 1.82) is 0 Å². The van der Waals surface area contributed by atoms with Crippen LogP contribution < -0.4 is 0 Å². The average Bonchev–Trinajstić information content (AvgIpc) is 3.16. The monoisotopic (exact) mass is 431 g/mol. The fraction of sp³-hybridized carbons (Fsp3) is 0.364. The molecule has 5 nitrogen and oxygen atoms in total. The fourth-order valence-corrected chi connectivity index (χ4v) is 4.79. The molecule has 2 amide bonds. The van der Waals surface area contributed by atoms with Crippen LogP contribution in [0.3, 0.4) is 0 Å². The molecule has 0 bridgehead atoms. The van der Waals surface area contributed by atoms with Crippen molar-refractivity contribution in [3.63, 3.8) is 0 Å². The molecule has 4 rings (SSSR count). The van der Waals surface area contributed by atoms with Gasteiger partial charge >= 0.3 is 0 Å². The van der Waals surface area contributed by atoms with E-state index in [0.717, 1.165) is 16.9 Å². The lowest BCUT2D eigenvalue weighted by molar-refractivity contribution is -0.133. The van der Waals surface area contributed by atoms with E-state index in [1.807, 2.05) is 0 Å². The first kappa shape index (κ1) is 20.8. The first-order valence-corrected chi connectivity index (χ1v) is 10.9. The predicted octanol–water partition coefficient (Wildman–Crippen LogP) is 3.37. The van der Waals surface area contributed by atoms with Crippen molar-refractivity contribution in [3.8, 4) is 0 Å². The van der Waals surface area contributed by atoms with Crippen molar-refractivity contribution in [2.24, 2.45) is 0 Å². The van der Waals surface area contributed by atoms with Crippen molar-refractivity contribution < 1.29 is 18.4 Å². The van der Waals surface area contributed by atoms with E-state index < -0.39 is 0 Å². The molecule has 2 aliphatic rings. The van der Waals surface area contributed by atoms with Gasteiger partial charge < -0.3 is 9.80 Å². The second-order valence-corrected chi connectivity index (χ2v) is 8.50. The molecule has 0 unspecified atom stereocenters. The molecular formula is C22H23F2N3O2S. The van der Waals surface area contributed by atoms with Gasteiger partial charge in [0, 0.05) is 38.5 Å². The number of hydrogen-bond donors (Lipinski definition) is 0. The van der Waals surface area contributed by atoms with Crippen LogP contribution in [-0.4, -0.2) is 70.9 Å². The van der Waals surface area contributed by atoms with Gasteiger partial charge in [0.2, 0.25) is 5.91 Å². The van der Waals surface area contributed by atoms with Crippen LogP contribution in [0.5, 0.6) is 0 Å². The van der Waals surface area contributed by atoms with Gasteiger partial charge in [0.1, 0.15) is 18.2 Å². The number of carbonyl (C=O) groups is 2. The van der Waals surface area contributed by atoms with Gasteiger partial charge in [0.25, 0.3) is 5.24 Å². The molecule has 0 aliphatic carbocycles. The van der Waals surface area contributed by atoms with E-state index in [1.54, 1.807) is 34.1 Å². The van der Waals surface area contributed by atoms with Gasteiger partial charge in [-0.3, -0.25) is 14.5 Å². The summed E-state index contributed by atoms with van der Waals surface area (Å²) in [6.45, 7) is 3.11. The smallest absolute Gasteiger partial charge is 0.282 e. The Labute approximate surface area is 178 Å². The summed E-state index contributed by atoms with van der Waals surface area (Å²) in [6, 6.07) is 12.5. The van der Waals surface area contributed by atoms with E-state index in [2.05, 4.69) is 4.90 Å². The Bertz CT molecular complexity index is 854. The molecule has 0 radical (unpaired) electrons. The number of hydrogen-bond acceptors (Lipinski definition) is 4. The molecule has 0 saturated carbocycles. The Kier molecular flexibility index (Phi) is 6.34. The van der Waals surface area contributed by atoms with E-state index in [0.29, 0.717) is 32.7 Å². The molecule has 30 heavy (non-hydrogen) atoms. The maximum absolute atomic E-state index is 13.4. The first-order valence-electron chi connectivity index (χ1n) is 9.96. The molecule has 2 fully saturated rings. The van der Waals surface area contributed by atoms with E-state index in [1.165, 1.54) is 36.0 Å². The maximum Gasteiger partial charge on any atom is 0.282 e. The van der Waals surface area contributed by atoms with Gasteiger partial charge in [-0.25, -0.2) is 8.78 Å².